The molecule has 8 heteroatoms. The summed E-state index contributed by atoms with van der Waals surface area (Å²) in [5.74, 6) is 1.91. The fraction of sp³-hybridized carbons (Fsp3) is 0.125. The van der Waals surface area contributed by atoms with Crippen molar-refractivity contribution in [3.63, 3.8) is 0 Å². The number of nitrogens with zero attached hydrogens (tertiary/aromatic N) is 2. The predicted octanol–water partition coefficient (Wildman–Crippen LogP) is 5.33. The van der Waals surface area contributed by atoms with Gasteiger partial charge in [-0.05, 0) is 72.6 Å². The summed E-state index contributed by atoms with van der Waals surface area (Å²) >= 11 is 1.43. The lowest BCUT2D eigenvalue weighted by molar-refractivity contribution is 0.103. The summed E-state index contributed by atoms with van der Waals surface area (Å²) in [6, 6.07) is 17.0. The van der Waals surface area contributed by atoms with Crippen LogP contribution in [0.15, 0.2) is 67.0 Å². The number of hydrogen-bond acceptors (Lipinski definition) is 7. The van der Waals surface area contributed by atoms with Gasteiger partial charge in [-0.3, -0.25) is 4.79 Å². The molecule has 0 radical (unpaired) electrons. The highest BCUT2D eigenvalue weighted by Crippen LogP contribution is 2.37. The van der Waals surface area contributed by atoms with Gasteiger partial charge in [0, 0.05) is 23.0 Å². The molecular formula is C24H19N3O4S. The van der Waals surface area contributed by atoms with Crippen molar-refractivity contribution in [2.24, 2.45) is 0 Å². The Balaban J connectivity index is 1.29. The van der Waals surface area contributed by atoms with Gasteiger partial charge in [0.15, 0.2) is 11.5 Å². The number of rotatable bonds is 5. The van der Waals surface area contributed by atoms with Gasteiger partial charge < -0.3 is 19.5 Å². The van der Waals surface area contributed by atoms with Gasteiger partial charge >= 0.3 is 6.01 Å². The molecule has 2 aromatic heterocycles. The summed E-state index contributed by atoms with van der Waals surface area (Å²) in [6.07, 6.45) is 3.23. The SMILES string of the molecule is Cc1cc(Oc2ncccn2)ccc1NC(=O)c1ccc(-c2ccc3c(c2)OCCO3)s1. The molecule has 5 rings (SSSR count). The smallest absolute Gasteiger partial charge is 0.321 e. The molecule has 32 heavy (non-hydrogen) atoms. The molecule has 3 heterocycles. The average Bonchev–Trinajstić information content (AvgIpc) is 3.32. The molecule has 0 aliphatic carbocycles. The van der Waals surface area contributed by atoms with Gasteiger partial charge in [0.1, 0.15) is 19.0 Å². The first-order valence-corrected chi connectivity index (χ1v) is 10.8. The molecule has 2 aromatic carbocycles. The topological polar surface area (TPSA) is 82.6 Å². The van der Waals surface area contributed by atoms with Crippen molar-refractivity contribution >= 4 is 22.9 Å². The molecule has 160 valence electrons. The fourth-order valence-corrected chi connectivity index (χ4v) is 4.18. The molecule has 0 saturated heterocycles. The quantitative estimate of drug-likeness (QED) is 0.447. The van der Waals surface area contributed by atoms with Gasteiger partial charge in [-0.2, -0.15) is 0 Å². The molecule has 0 unspecified atom stereocenters. The number of ether oxygens (including phenoxy) is 3. The Kier molecular flexibility index (Phi) is 5.43. The van der Waals surface area contributed by atoms with Crippen LogP contribution in [0, 0.1) is 6.92 Å². The van der Waals surface area contributed by atoms with E-state index >= 15 is 0 Å². The van der Waals surface area contributed by atoms with E-state index in [2.05, 4.69) is 15.3 Å². The highest BCUT2D eigenvalue weighted by atomic mass is 32.1. The minimum Gasteiger partial charge on any atom is -0.486 e. The number of aromatic nitrogens is 2. The fourth-order valence-electron chi connectivity index (χ4n) is 3.28. The van der Waals surface area contributed by atoms with Crippen LogP contribution in [0.3, 0.4) is 0 Å². The van der Waals surface area contributed by atoms with Crippen molar-refractivity contribution in [2.75, 3.05) is 18.5 Å². The Morgan fingerprint density at radius 3 is 2.62 bits per heavy atom. The molecular weight excluding hydrogens is 426 g/mol. The third-order valence-corrected chi connectivity index (χ3v) is 5.99. The van der Waals surface area contributed by atoms with Crippen LogP contribution in [0.25, 0.3) is 10.4 Å². The number of amides is 1. The third-order valence-electron chi connectivity index (χ3n) is 4.85. The average molecular weight is 446 g/mol. The zero-order chi connectivity index (χ0) is 21.9. The van der Waals surface area contributed by atoms with Crippen molar-refractivity contribution < 1.29 is 19.0 Å². The Labute approximate surface area is 188 Å². The first-order chi connectivity index (χ1) is 15.7. The lowest BCUT2D eigenvalue weighted by Gasteiger charge is -2.18. The van der Waals surface area contributed by atoms with Crippen LogP contribution in [0.5, 0.6) is 23.3 Å². The van der Waals surface area contributed by atoms with Crippen molar-refractivity contribution in [3.05, 3.63) is 77.4 Å². The molecule has 4 aromatic rings. The van der Waals surface area contributed by atoms with Crippen molar-refractivity contribution in [1.82, 2.24) is 9.97 Å². The van der Waals surface area contributed by atoms with Crippen LogP contribution in [0.2, 0.25) is 0 Å². The van der Waals surface area contributed by atoms with Crippen LogP contribution in [-0.2, 0) is 0 Å². The van der Waals surface area contributed by atoms with E-state index in [1.165, 1.54) is 11.3 Å². The summed E-state index contributed by atoms with van der Waals surface area (Å²) in [5.41, 5.74) is 2.57. The minimum atomic E-state index is -0.165. The standard InChI is InChI=1S/C24H19N3O4S/c1-15-13-17(31-24-25-9-2-10-26-24)4-5-18(15)27-23(28)22-8-7-21(32-22)16-3-6-19-20(14-16)30-12-11-29-19/h2-10,13-14H,11-12H2,1H3,(H,27,28). The first-order valence-electron chi connectivity index (χ1n) is 10.0. The highest BCUT2D eigenvalue weighted by Gasteiger charge is 2.16. The number of carbonyl (C=O) groups is 1. The van der Waals surface area contributed by atoms with E-state index in [0.29, 0.717) is 29.5 Å². The Morgan fingerprint density at radius 1 is 1.00 bits per heavy atom. The van der Waals surface area contributed by atoms with Crippen LogP contribution in [-0.4, -0.2) is 29.1 Å². The van der Waals surface area contributed by atoms with Crippen LogP contribution in [0.1, 0.15) is 15.2 Å². The molecule has 1 N–H and O–H groups in total. The molecule has 1 aliphatic rings. The van der Waals surface area contributed by atoms with Gasteiger partial charge in [0.05, 0.1) is 4.88 Å². The summed E-state index contributed by atoms with van der Waals surface area (Å²) < 4.78 is 16.9. The van der Waals surface area contributed by atoms with E-state index < -0.39 is 0 Å². The van der Waals surface area contributed by atoms with Gasteiger partial charge in [-0.15, -0.1) is 11.3 Å². The lowest BCUT2D eigenvalue weighted by Crippen LogP contribution is -2.15. The molecule has 7 nitrogen and oxygen atoms in total. The monoisotopic (exact) mass is 445 g/mol. The summed E-state index contributed by atoms with van der Waals surface area (Å²) in [5, 5.41) is 2.97. The number of carbonyl (C=O) groups excluding carboxylic acids is 1. The largest absolute Gasteiger partial charge is 0.486 e. The number of fused-ring (bicyclic) bond motifs is 1. The zero-order valence-corrected chi connectivity index (χ0v) is 18.0. The molecule has 1 amide bonds. The molecule has 0 saturated carbocycles. The van der Waals surface area contributed by atoms with Crippen molar-refractivity contribution in [2.45, 2.75) is 6.92 Å². The van der Waals surface area contributed by atoms with Crippen molar-refractivity contribution in [1.29, 1.82) is 0 Å². The van der Waals surface area contributed by atoms with Crippen molar-refractivity contribution in [3.8, 4) is 33.7 Å². The highest BCUT2D eigenvalue weighted by molar-refractivity contribution is 7.17. The number of anilines is 1. The van der Waals surface area contributed by atoms with Gasteiger partial charge in [0.2, 0.25) is 0 Å². The normalized spacial score (nSPS) is 12.3. The molecule has 0 spiro atoms. The summed E-state index contributed by atoms with van der Waals surface area (Å²) in [6.45, 7) is 3.00. The van der Waals surface area contributed by atoms with E-state index in [-0.39, 0.29) is 11.9 Å². The van der Waals surface area contributed by atoms with Gasteiger partial charge in [-0.25, -0.2) is 9.97 Å². The van der Waals surface area contributed by atoms with Crippen LogP contribution < -0.4 is 19.5 Å². The predicted molar refractivity (Wildman–Crippen MR) is 122 cm³/mol. The maximum atomic E-state index is 12.8. The Hall–Kier alpha value is -3.91. The lowest BCUT2D eigenvalue weighted by atomic mass is 10.1. The molecule has 0 atom stereocenters. The Bertz CT molecular complexity index is 1270. The molecule has 0 bridgehead atoms. The molecule has 0 fully saturated rings. The summed E-state index contributed by atoms with van der Waals surface area (Å²) in [7, 11) is 0. The van der Waals surface area contributed by atoms with E-state index in [1.54, 1.807) is 30.6 Å². The number of benzene rings is 2. The molecule has 1 aliphatic heterocycles. The van der Waals surface area contributed by atoms with Crippen LogP contribution >= 0.6 is 11.3 Å². The van der Waals surface area contributed by atoms with E-state index in [4.69, 9.17) is 14.2 Å². The van der Waals surface area contributed by atoms with Gasteiger partial charge in [-0.1, -0.05) is 0 Å². The maximum absolute atomic E-state index is 12.8. The third kappa shape index (κ3) is 4.26. The summed E-state index contributed by atoms with van der Waals surface area (Å²) in [4.78, 5) is 22.5. The van der Waals surface area contributed by atoms with Gasteiger partial charge in [0.25, 0.3) is 5.91 Å². The maximum Gasteiger partial charge on any atom is 0.321 e. The number of hydrogen-bond donors (Lipinski definition) is 1. The van der Waals surface area contributed by atoms with Crippen LogP contribution in [0.4, 0.5) is 5.69 Å². The van der Waals surface area contributed by atoms with E-state index in [9.17, 15) is 4.79 Å². The zero-order valence-electron chi connectivity index (χ0n) is 17.2. The number of nitrogens with one attached hydrogen (secondary N) is 1. The number of aryl methyl sites for hydroxylation is 1. The number of thiophene rings is 1. The second kappa shape index (κ2) is 8.68. The first kappa shape index (κ1) is 20.0. The second-order valence-corrected chi connectivity index (χ2v) is 8.17. The Morgan fingerprint density at radius 2 is 1.81 bits per heavy atom. The van der Waals surface area contributed by atoms with E-state index in [0.717, 1.165) is 27.5 Å². The minimum absolute atomic E-state index is 0.165. The van der Waals surface area contributed by atoms with E-state index in [1.807, 2.05) is 43.3 Å². The second-order valence-electron chi connectivity index (χ2n) is 7.09.